The van der Waals surface area contributed by atoms with Gasteiger partial charge in [0.2, 0.25) is 0 Å². The van der Waals surface area contributed by atoms with Crippen LogP contribution in [0.5, 0.6) is 0 Å². The van der Waals surface area contributed by atoms with Crippen LogP contribution in [-0.2, 0) is 11.5 Å². The van der Waals surface area contributed by atoms with Crippen LogP contribution in [0.1, 0.15) is 69.2 Å². The third-order valence-electron chi connectivity index (χ3n) is 3.96. The van der Waals surface area contributed by atoms with Gasteiger partial charge in [0.15, 0.2) is 5.78 Å². The molecule has 1 rings (SSSR count). The summed E-state index contributed by atoms with van der Waals surface area (Å²) < 4.78 is 0. The van der Waals surface area contributed by atoms with Gasteiger partial charge in [-0.3, -0.25) is 14.8 Å². The van der Waals surface area contributed by atoms with Crippen molar-refractivity contribution < 1.29 is 29.6 Å². The molecule has 1 aromatic rings. The van der Waals surface area contributed by atoms with Gasteiger partial charge in [-0.25, -0.2) is 9.68 Å². The first kappa shape index (κ1) is 21.8. The summed E-state index contributed by atoms with van der Waals surface area (Å²) in [5.74, 6) is -2.19. The Bertz CT molecular complexity index is 645. The van der Waals surface area contributed by atoms with E-state index in [1.54, 1.807) is 0 Å². The van der Waals surface area contributed by atoms with Crippen LogP contribution in [0.2, 0.25) is 0 Å². The number of carboxylic acid groups (broad SMARTS) is 1. The number of ketones is 1. The monoisotopic (exact) mass is 366 g/mol. The first-order chi connectivity index (χ1) is 12.4. The maximum absolute atomic E-state index is 12.4. The average molecular weight is 366 g/mol. The summed E-state index contributed by atoms with van der Waals surface area (Å²) in [5, 5.41) is 23.7. The van der Waals surface area contributed by atoms with E-state index >= 15 is 0 Å². The summed E-state index contributed by atoms with van der Waals surface area (Å²) in [6.07, 6.45) is 3.85. The Morgan fingerprint density at radius 3 is 2.19 bits per heavy atom. The van der Waals surface area contributed by atoms with Crippen LogP contribution in [0.4, 0.5) is 0 Å². The highest BCUT2D eigenvalue weighted by molar-refractivity contribution is 6.07. The van der Waals surface area contributed by atoms with E-state index < -0.39 is 11.9 Å². The molecule has 0 aromatic heterocycles. The lowest BCUT2D eigenvalue weighted by atomic mass is 9.96. The van der Waals surface area contributed by atoms with Crippen molar-refractivity contribution in [1.82, 2.24) is 10.6 Å². The molecule has 4 N–H and O–H groups in total. The molecule has 26 heavy (non-hydrogen) atoms. The lowest BCUT2D eigenvalue weighted by Crippen LogP contribution is -2.27. The van der Waals surface area contributed by atoms with Crippen molar-refractivity contribution in [2.45, 2.75) is 39.2 Å². The molecule has 0 aliphatic carbocycles. The molecular weight excluding hydrogens is 340 g/mol. The van der Waals surface area contributed by atoms with Crippen molar-refractivity contribution in [3.63, 3.8) is 0 Å². The van der Waals surface area contributed by atoms with Crippen LogP contribution in [0, 0.1) is 0 Å². The van der Waals surface area contributed by atoms with Gasteiger partial charge in [-0.05, 0) is 51.1 Å². The molecule has 0 saturated carbocycles. The summed E-state index contributed by atoms with van der Waals surface area (Å²) in [4.78, 5) is 39.6. The fourth-order valence-corrected chi connectivity index (χ4v) is 2.60. The topological polar surface area (TPSA) is 125 Å². The van der Waals surface area contributed by atoms with Gasteiger partial charge in [0.25, 0.3) is 5.91 Å². The van der Waals surface area contributed by atoms with Gasteiger partial charge in [-0.2, -0.15) is 0 Å². The molecule has 1 amide bonds. The second kappa shape index (κ2) is 11.3. The van der Waals surface area contributed by atoms with Gasteiger partial charge in [0.1, 0.15) is 6.61 Å². The Morgan fingerprint density at radius 2 is 1.65 bits per heavy atom. The van der Waals surface area contributed by atoms with E-state index in [1.807, 2.05) is 7.05 Å². The molecule has 0 aliphatic rings. The maximum atomic E-state index is 12.4. The molecule has 0 aliphatic heterocycles. The minimum absolute atomic E-state index is 0.0837. The van der Waals surface area contributed by atoms with E-state index in [0.29, 0.717) is 6.54 Å². The van der Waals surface area contributed by atoms with Crippen molar-refractivity contribution >= 4 is 17.7 Å². The SMILES string of the molecule is CNCCCCCCNC(=O)c1cc(C(C)=O)c(COO)cc1C(=O)O. The first-order valence-corrected chi connectivity index (χ1v) is 8.52. The van der Waals surface area contributed by atoms with Gasteiger partial charge >= 0.3 is 5.97 Å². The Morgan fingerprint density at radius 1 is 1.00 bits per heavy atom. The highest BCUT2D eigenvalue weighted by Gasteiger charge is 2.21. The number of hydrogen-bond acceptors (Lipinski definition) is 6. The average Bonchev–Trinajstić information content (AvgIpc) is 2.60. The van der Waals surface area contributed by atoms with E-state index in [9.17, 15) is 19.5 Å². The van der Waals surface area contributed by atoms with E-state index in [0.717, 1.165) is 32.2 Å². The van der Waals surface area contributed by atoms with Crippen LogP contribution in [0.15, 0.2) is 12.1 Å². The minimum atomic E-state index is -1.29. The van der Waals surface area contributed by atoms with Crippen LogP contribution < -0.4 is 10.6 Å². The van der Waals surface area contributed by atoms with E-state index in [4.69, 9.17) is 5.26 Å². The van der Waals surface area contributed by atoms with Crippen molar-refractivity contribution in [3.05, 3.63) is 34.4 Å². The molecule has 1 aromatic carbocycles. The molecular formula is C18H26N2O6. The number of Topliss-reactive ketones (excluding diaryl/α,β-unsaturated/α-hetero) is 1. The summed E-state index contributed by atoms with van der Waals surface area (Å²) in [5.41, 5.74) is 0.0212. The van der Waals surface area contributed by atoms with Gasteiger partial charge in [0.05, 0.1) is 11.1 Å². The molecule has 0 atom stereocenters. The van der Waals surface area contributed by atoms with Crippen molar-refractivity contribution in [3.8, 4) is 0 Å². The van der Waals surface area contributed by atoms with Crippen LogP contribution in [-0.4, -0.2) is 48.2 Å². The molecule has 8 nitrogen and oxygen atoms in total. The molecule has 0 heterocycles. The third kappa shape index (κ3) is 6.55. The Kier molecular flexibility index (Phi) is 9.50. The smallest absolute Gasteiger partial charge is 0.336 e. The Hall–Kier alpha value is -2.29. The first-order valence-electron chi connectivity index (χ1n) is 8.52. The van der Waals surface area contributed by atoms with Gasteiger partial charge in [-0.15, -0.1) is 0 Å². The second-order valence-electron chi connectivity index (χ2n) is 5.96. The predicted molar refractivity (Wildman–Crippen MR) is 95.6 cm³/mol. The number of nitrogens with one attached hydrogen (secondary N) is 2. The summed E-state index contributed by atoms with van der Waals surface area (Å²) in [7, 11) is 1.90. The third-order valence-corrected chi connectivity index (χ3v) is 3.96. The minimum Gasteiger partial charge on any atom is -0.478 e. The zero-order chi connectivity index (χ0) is 19.5. The fraction of sp³-hybridized carbons (Fsp3) is 0.500. The zero-order valence-corrected chi connectivity index (χ0v) is 15.1. The van der Waals surface area contributed by atoms with Crippen LogP contribution in [0.25, 0.3) is 0 Å². The number of aromatic carboxylic acids is 1. The molecule has 0 spiro atoms. The van der Waals surface area contributed by atoms with Crippen molar-refractivity contribution in [2.24, 2.45) is 0 Å². The van der Waals surface area contributed by atoms with Gasteiger partial charge in [-0.1, -0.05) is 12.8 Å². The summed E-state index contributed by atoms with van der Waals surface area (Å²) >= 11 is 0. The quantitative estimate of drug-likeness (QED) is 0.193. The fourth-order valence-electron chi connectivity index (χ4n) is 2.60. The predicted octanol–water partition coefficient (Wildman–Crippen LogP) is 2.09. The van der Waals surface area contributed by atoms with E-state index in [1.165, 1.54) is 19.1 Å². The van der Waals surface area contributed by atoms with Crippen molar-refractivity contribution in [1.29, 1.82) is 0 Å². The lowest BCUT2D eigenvalue weighted by molar-refractivity contribution is -0.253. The number of carbonyl (C=O) groups is 3. The molecule has 144 valence electrons. The van der Waals surface area contributed by atoms with E-state index in [-0.39, 0.29) is 34.6 Å². The second-order valence-corrected chi connectivity index (χ2v) is 5.96. The number of hydrogen-bond donors (Lipinski definition) is 4. The lowest BCUT2D eigenvalue weighted by Gasteiger charge is -2.12. The zero-order valence-electron chi connectivity index (χ0n) is 15.1. The number of carboxylic acids is 1. The molecule has 0 radical (unpaired) electrons. The number of benzene rings is 1. The van der Waals surface area contributed by atoms with Crippen LogP contribution in [0.3, 0.4) is 0 Å². The largest absolute Gasteiger partial charge is 0.478 e. The number of unbranched alkanes of at least 4 members (excludes halogenated alkanes) is 3. The highest BCUT2D eigenvalue weighted by Crippen LogP contribution is 2.19. The van der Waals surface area contributed by atoms with Gasteiger partial charge in [0, 0.05) is 12.1 Å². The Balaban J connectivity index is 2.85. The van der Waals surface area contributed by atoms with Crippen LogP contribution >= 0.6 is 0 Å². The van der Waals surface area contributed by atoms with Gasteiger partial charge < -0.3 is 15.7 Å². The molecule has 0 saturated heterocycles. The Labute approximate surface area is 152 Å². The van der Waals surface area contributed by atoms with Crippen molar-refractivity contribution in [2.75, 3.05) is 20.1 Å². The maximum Gasteiger partial charge on any atom is 0.336 e. The number of carbonyl (C=O) groups excluding carboxylic acids is 2. The van der Waals surface area contributed by atoms with E-state index in [2.05, 4.69) is 15.5 Å². The molecule has 0 bridgehead atoms. The summed E-state index contributed by atoms with van der Waals surface area (Å²) in [6.45, 7) is 2.33. The highest BCUT2D eigenvalue weighted by atomic mass is 17.1. The normalized spacial score (nSPS) is 10.6. The number of rotatable bonds is 12. The standard InChI is InChI=1S/C18H26N2O6/c1-12(21)14-10-15(16(18(23)24)9-13(14)11-26-25)17(22)20-8-6-4-3-5-7-19-2/h9-10,19,25H,3-8,11H2,1-2H3,(H,20,22)(H,23,24). The molecule has 8 heteroatoms. The number of amides is 1. The molecule has 0 unspecified atom stereocenters. The molecule has 0 fully saturated rings. The summed E-state index contributed by atoms with van der Waals surface area (Å²) in [6, 6.07) is 2.42.